The maximum atomic E-state index is 12.5. The molecule has 1 fully saturated rings. The number of anilines is 1. The van der Waals surface area contributed by atoms with Crippen LogP contribution >= 0.6 is 15.9 Å². The summed E-state index contributed by atoms with van der Waals surface area (Å²) in [6.07, 6.45) is 0.434. The third-order valence-electron chi connectivity index (χ3n) is 4.11. The molecule has 0 aromatic heterocycles. The van der Waals surface area contributed by atoms with Crippen LogP contribution in [-0.2, 0) is 9.59 Å². The molecule has 2 aliphatic heterocycles. The Balaban J connectivity index is 2.16. The molecule has 2 atom stereocenters. The molecule has 19 heavy (non-hydrogen) atoms. The first-order valence-electron chi connectivity index (χ1n) is 6.30. The third kappa shape index (κ3) is 1.79. The minimum atomic E-state index is -0.385. The van der Waals surface area contributed by atoms with Gasteiger partial charge in [0.1, 0.15) is 11.8 Å². The minimum absolute atomic E-state index is 0.0330. The lowest BCUT2D eigenvalue weighted by molar-refractivity contribution is -0.131. The van der Waals surface area contributed by atoms with E-state index in [1.165, 1.54) is 0 Å². The zero-order valence-electron chi connectivity index (χ0n) is 10.9. The summed E-state index contributed by atoms with van der Waals surface area (Å²) in [4.78, 5) is 28.4. The molecule has 0 bridgehead atoms. The van der Waals surface area contributed by atoms with E-state index in [1.54, 1.807) is 11.9 Å². The molecule has 0 radical (unpaired) electrons. The van der Waals surface area contributed by atoms with Gasteiger partial charge in [0.05, 0.1) is 5.92 Å². The molecule has 1 amide bonds. The molecule has 4 nitrogen and oxygen atoms in total. The molecule has 2 unspecified atom stereocenters. The average molecular weight is 323 g/mol. The van der Waals surface area contributed by atoms with Crippen LogP contribution in [0.3, 0.4) is 0 Å². The topological polar surface area (TPSA) is 40.6 Å². The molecule has 2 aliphatic rings. The predicted octanol–water partition coefficient (Wildman–Crippen LogP) is 1.78. The zero-order chi connectivity index (χ0) is 13.7. The summed E-state index contributed by atoms with van der Waals surface area (Å²) in [6, 6.07) is 5.49. The monoisotopic (exact) mass is 322 g/mol. The fourth-order valence-electron chi connectivity index (χ4n) is 3.07. The number of carbonyl (C=O) groups is 2. The lowest BCUT2D eigenvalue weighted by atomic mass is 9.90. The fourth-order valence-corrected chi connectivity index (χ4v) is 3.45. The summed E-state index contributed by atoms with van der Waals surface area (Å²) < 4.78 is 0.943. The number of hydrogen-bond donors (Lipinski definition) is 0. The third-order valence-corrected chi connectivity index (χ3v) is 4.60. The van der Waals surface area contributed by atoms with Crippen molar-refractivity contribution in [3.8, 4) is 0 Å². The Morgan fingerprint density at radius 2 is 2.00 bits per heavy atom. The van der Waals surface area contributed by atoms with E-state index in [0.717, 1.165) is 15.7 Å². The highest BCUT2D eigenvalue weighted by Gasteiger charge is 2.47. The van der Waals surface area contributed by atoms with Crippen molar-refractivity contribution >= 4 is 33.3 Å². The summed E-state index contributed by atoms with van der Waals surface area (Å²) in [5, 5.41) is 0. The second-order valence-corrected chi connectivity index (χ2v) is 6.13. The molecular weight excluding hydrogens is 308 g/mol. The van der Waals surface area contributed by atoms with E-state index in [2.05, 4.69) is 15.9 Å². The zero-order valence-corrected chi connectivity index (χ0v) is 12.5. The number of halogens is 1. The lowest BCUT2D eigenvalue weighted by Gasteiger charge is -2.26. The van der Waals surface area contributed by atoms with E-state index >= 15 is 0 Å². The number of rotatable bonds is 0. The molecule has 5 heteroatoms. The summed E-state index contributed by atoms with van der Waals surface area (Å²) in [5.41, 5.74) is 1.95. The fraction of sp³-hybridized carbons (Fsp3) is 0.429. The van der Waals surface area contributed by atoms with Crippen LogP contribution in [-0.4, -0.2) is 43.3 Å². The van der Waals surface area contributed by atoms with E-state index in [-0.39, 0.29) is 23.7 Å². The number of benzene rings is 1. The van der Waals surface area contributed by atoms with Crippen LogP contribution in [0.1, 0.15) is 17.9 Å². The SMILES string of the molecule is CN1CCC(=O)C2c3cc(Br)ccc3N(C)C2C1=O. The van der Waals surface area contributed by atoms with Crippen LogP contribution in [0.25, 0.3) is 0 Å². The maximum absolute atomic E-state index is 12.5. The van der Waals surface area contributed by atoms with Gasteiger partial charge in [-0.2, -0.15) is 0 Å². The van der Waals surface area contributed by atoms with Gasteiger partial charge in [0, 0.05) is 37.2 Å². The van der Waals surface area contributed by atoms with Gasteiger partial charge in [-0.3, -0.25) is 9.59 Å². The highest BCUT2D eigenvalue weighted by molar-refractivity contribution is 9.10. The minimum Gasteiger partial charge on any atom is -0.362 e. The molecule has 0 N–H and O–H groups in total. The Bertz CT molecular complexity index is 573. The van der Waals surface area contributed by atoms with Crippen molar-refractivity contribution in [2.24, 2.45) is 0 Å². The lowest BCUT2D eigenvalue weighted by Crippen LogP contribution is -2.45. The highest BCUT2D eigenvalue weighted by atomic mass is 79.9. The van der Waals surface area contributed by atoms with E-state index in [4.69, 9.17) is 0 Å². The standard InChI is InChI=1S/C14H15BrN2O2/c1-16-6-5-11(18)12-9-7-8(15)3-4-10(9)17(2)13(12)14(16)19/h3-4,7,12-13H,5-6H2,1-2H3. The Hall–Kier alpha value is -1.36. The van der Waals surface area contributed by atoms with E-state index in [1.807, 2.05) is 30.1 Å². The van der Waals surface area contributed by atoms with E-state index < -0.39 is 0 Å². The van der Waals surface area contributed by atoms with Crippen LogP contribution in [0.2, 0.25) is 0 Å². The van der Waals surface area contributed by atoms with Crippen molar-refractivity contribution in [1.29, 1.82) is 0 Å². The van der Waals surface area contributed by atoms with Crippen molar-refractivity contribution in [1.82, 2.24) is 4.90 Å². The van der Waals surface area contributed by atoms with Gasteiger partial charge in [0.15, 0.2) is 0 Å². The number of ketones is 1. The number of carbonyl (C=O) groups excluding carboxylic acids is 2. The summed E-state index contributed by atoms with van der Waals surface area (Å²) in [6.45, 7) is 0.516. The molecular formula is C14H15BrN2O2. The largest absolute Gasteiger partial charge is 0.362 e. The number of fused-ring (bicyclic) bond motifs is 3. The molecule has 1 aromatic rings. The number of nitrogens with zero attached hydrogens (tertiary/aromatic N) is 2. The number of Topliss-reactive ketones (excluding diaryl/α,β-unsaturated/α-hetero) is 1. The predicted molar refractivity (Wildman–Crippen MR) is 76.3 cm³/mol. The summed E-state index contributed by atoms with van der Waals surface area (Å²) in [5.74, 6) is -0.132. The van der Waals surface area contributed by atoms with Crippen molar-refractivity contribution in [2.75, 3.05) is 25.5 Å². The molecule has 0 spiro atoms. The molecule has 2 heterocycles. The van der Waals surface area contributed by atoms with Gasteiger partial charge in [-0.25, -0.2) is 0 Å². The van der Waals surface area contributed by atoms with E-state index in [0.29, 0.717) is 13.0 Å². The molecule has 1 aromatic carbocycles. The summed E-state index contributed by atoms with van der Waals surface area (Å²) >= 11 is 3.44. The number of amides is 1. The quantitative estimate of drug-likeness (QED) is 0.731. The summed E-state index contributed by atoms with van der Waals surface area (Å²) in [7, 11) is 3.66. The van der Waals surface area contributed by atoms with Gasteiger partial charge in [-0.15, -0.1) is 0 Å². The van der Waals surface area contributed by atoms with Gasteiger partial charge < -0.3 is 9.80 Å². The van der Waals surface area contributed by atoms with Gasteiger partial charge in [0.25, 0.3) is 0 Å². The second-order valence-electron chi connectivity index (χ2n) is 5.21. The van der Waals surface area contributed by atoms with Crippen molar-refractivity contribution < 1.29 is 9.59 Å². The Morgan fingerprint density at radius 1 is 1.26 bits per heavy atom. The molecule has 1 saturated heterocycles. The van der Waals surface area contributed by atoms with Gasteiger partial charge in [-0.05, 0) is 23.8 Å². The number of likely N-dealkylation sites (tertiary alicyclic amines) is 1. The molecule has 0 aliphatic carbocycles. The van der Waals surface area contributed by atoms with Crippen LogP contribution in [0.5, 0.6) is 0 Å². The van der Waals surface area contributed by atoms with Gasteiger partial charge in [0.2, 0.25) is 5.91 Å². The van der Waals surface area contributed by atoms with Gasteiger partial charge >= 0.3 is 0 Å². The normalized spacial score (nSPS) is 26.3. The van der Waals surface area contributed by atoms with E-state index in [9.17, 15) is 9.59 Å². The van der Waals surface area contributed by atoms with Crippen molar-refractivity contribution in [3.05, 3.63) is 28.2 Å². The van der Waals surface area contributed by atoms with Crippen LogP contribution in [0.4, 0.5) is 5.69 Å². The maximum Gasteiger partial charge on any atom is 0.246 e. The van der Waals surface area contributed by atoms with Crippen LogP contribution in [0.15, 0.2) is 22.7 Å². The Morgan fingerprint density at radius 3 is 2.74 bits per heavy atom. The Labute approximate surface area is 120 Å². The smallest absolute Gasteiger partial charge is 0.246 e. The Kier molecular flexibility index (Phi) is 2.89. The highest BCUT2D eigenvalue weighted by Crippen LogP contribution is 2.43. The first-order chi connectivity index (χ1) is 9.00. The number of hydrogen-bond acceptors (Lipinski definition) is 3. The van der Waals surface area contributed by atoms with Crippen LogP contribution in [0, 0.1) is 0 Å². The van der Waals surface area contributed by atoms with Crippen molar-refractivity contribution in [3.63, 3.8) is 0 Å². The first kappa shape index (κ1) is 12.7. The average Bonchev–Trinajstić information content (AvgIpc) is 2.61. The molecule has 3 rings (SSSR count). The molecule has 0 saturated carbocycles. The second kappa shape index (κ2) is 4.34. The van der Waals surface area contributed by atoms with Crippen molar-refractivity contribution in [2.45, 2.75) is 18.4 Å². The first-order valence-corrected chi connectivity index (χ1v) is 7.10. The molecule has 100 valence electrons. The van der Waals surface area contributed by atoms with Crippen LogP contribution < -0.4 is 4.90 Å². The van der Waals surface area contributed by atoms with Gasteiger partial charge in [-0.1, -0.05) is 15.9 Å². The number of likely N-dealkylation sites (N-methyl/N-ethyl adjacent to an activating group) is 2.